The van der Waals surface area contributed by atoms with Gasteiger partial charge in [0.1, 0.15) is 5.75 Å². The number of nitrogens with zero attached hydrogens (tertiary/aromatic N) is 1. The van der Waals surface area contributed by atoms with Crippen LogP contribution in [0.2, 0.25) is 5.02 Å². The third-order valence-corrected chi connectivity index (χ3v) is 5.17. The molecule has 28 heavy (non-hydrogen) atoms. The molecule has 1 aliphatic rings. The molecule has 0 atom stereocenters. The number of nitrogens with one attached hydrogen (secondary N) is 2. The molecule has 0 bridgehead atoms. The molecule has 4 rings (SSSR count). The van der Waals surface area contributed by atoms with Crippen molar-refractivity contribution in [2.24, 2.45) is 0 Å². The number of fused-ring (bicyclic) bond motifs is 2. The number of halogens is 1. The summed E-state index contributed by atoms with van der Waals surface area (Å²) in [6, 6.07) is 12.5. The van der Waals surface area contributed by atoms with E-state index in [2.05, 4.69) is 10.3 Å². The minimum absolute atomic E-state index is 0.0115. The predicted octanol–water partition coefficient (Wildman–Crippen LogP) is 3.19. The van der Waals surface area contributed by atoms with Crippen LogP contribution in [0.5, 0.6) is 5.75 Å². The zero-order valence-corrected chi connectivity index (χ0v) is 16.2. The summed E-state index contributed by atoms with van der Waals surface area (Å²) < 4.78 is 5.23. The van der Waals surface area contributed by atoms with E-state index in [1.807, 2.05) is 17.0 Å². The summed E-state index contributed by atoms with van der Waals surface area (Å²) in [6.07, 6.45) is 0.691. The van der Waals surface area contributed by atoms with Crippen molar-refractivity contribution in [1.29, 1.82) is 0 Å². The maximum Gasteiger partial charge on any atom is 0.238 e. The van der Waals surface area contributed by atoms with Gasteiger partial charge in [-0.15, -0.1) is 0 Å². The summed E-state index contributed by atoms with van der Waals surface area (Å²) in [7, 11) is 1.58. The SMILES string of the molecule is COc1ccc2[nH]c3c(c(=O)c2c1)CN(CC(=O)Nc1cccc(Cl)c1)CC3. The van der Waals surface area contributed by atoms with Crippen LogP contribution < -0.4 is 15.5 Å². The van der Waals surface area contributed by atoms with Crippen molar-refractivity contribution >= 4 is 34.1 Å². The second kappa shape index (κ2) is 7.66. The van der Waals surface area contributed by atoms with Crippen LogP contribution in [0, 0.1) is 0 Å². The molecule has 0 fully saturated rings. The maximum absolute atomic E-state index is 13.0. The molecule has 6 nitrogen and oxygen atoms in total. The summed E-state index contributed by atoms with van der Waals surface area (Å²) in [6.45, 7) is 1.34. The fourth-order valence-corrected chi connectivity index (χ4v) is 3.73. The number of rotatable bonds is 4. The monoisotopic (exact) mass is 397 g/mol. The number of ether oxygens (including phenoxy) is 1. The van der Waals surface area contributed by atoms with Crippen LogP contribution in [0.4, 0.5) is 5.69 Å². The van der Waals surface area contributed by atoms with Crippen LogP contribution in [0.25, 0.3) is 10.9 Å². The van der Waals surface area contributed by atoms with Gasteiger partial charge in [-0.1, -0.05) is 17.7 Å². The average Bonchev–Trinajstić information content (AvgIpc) is 2.68. The van der Waals surface area contributed by atoms with Crippen molar-refractivity contribution in [3.8, 4) is 5.75 Å². The lowest BCUT2D eigenvalue weighted by Gasteiger charge is -2.27. The van der Waals surface area contributed by atoms with E-state index in [9.17, 15) is 9.59 Å². The molecule has 144 valence electrons. The summed E-state index contributed by atoms with van der Waals surface area (Å²) in [4.78, 5) is 30.7. The van der Waals surface area contributed by atoms with E-state index in [1.165, 1.54) is 0 Å². The number of carbonyl (C=O) groups is 1. The van der Waals surface area contributed by atoms with Crippen molar-refractivity contribution in [1.82, 2.24) is 9.88 Å². The number of aromatic nitrogens is 1. The number of hydrogen-bond acceptors (Lipinski definition) is 4. The van der Waals surface area contributed by atoms with Gasteiger partial charge in [-0.3, -0.25) is 14.5 Å². The van der Waals surface area contributed by atoms with E-state index in [-0.39, 0.29) is 17.9 Å². The van der Waals surface area contributed by atoms with Crippen molar-refractivity contribution in [3.05, 3.63) is 69.0 Å². The quantitative estimate of drug-likeness (QED) is 0.709. The lowest BCUT2D eigenvalue weighted by molar-refractivity contribution is -0.117. The number of H-pyrrole nitrogens is 1. The van der Waals surface area contributed by atoms with Crippen LogP contribution in [0.1, 0.15) is 11.3 Å². The summed E-state index contributed by atoms with van der Waals surface area (Å²) >= 11 is 5.95. The van der Waals surface area contributed by atoms with E-state index >= 15 is 0 Å². The van der Waals surface area contributed by atoms with Crippen LogP contribution in [-0.4, -0.2) is 36.0 Å². The standard InChI is InChI=1S/C21H20ClN3O3/c1-28-15-5-6-18-16(10-15)21(27)17-11-25(8-7-19(17)24-18)12-20(26)23-14-4-2-3-13(22)9-14/h2-6,9-10H,7-8,11-12H2,1H3,(H,23,26)(H,24,27). The second-order valence-electron chi connectivity index (χ2n) is 6.84. The van der Waals surface area contributed by atoms with Crippen LogP contribution >= 0.6 is 11.6 Å². The molecule has 0 saturated carbocycles. The smallest absolute Gasteiger partial charge is 0.238 e. The van der Waals surface area contributed by atoms with Crippen molar-refractivity contribution in [3.63, 3.8) is 0 Å². The highest BCUT2D eigenvalue weighted by molar-refractivity contribution is 6.30. The lowest BCUT2D eigenvalue weighted by Crippen LogP contribution is -2.39. The molecule has 1 amide bonds. The number of hydrogen-bond donors (Lipinski definition) is 2. The van der Waals surface area contributed by atoms with Gasteiger partial charge in [-0.25, -0.2) is 0 Å². The molecule has 1 aliphatic heterocycles. The molecular weight excluding hydrogens is 378 g/mol. The van der Waals surface area contributed by atoms with Gasteiger partial charge in [-0.05, 0) is 36.4 Å². The molecule has 0 aliphatic carbocycles. The number of benzene rings is 2. The predicted molar refractivity (Wildman–Crippen MR) is 110 cm³/mol. The first kappa shape index (κ1) is 18.5. The first-order chi connectivity index (χ1) is 13.5. The van der Waals surface area contributed by atoms with E-state index in [4.69, 9.17) is 16.3 Å². The van der Waals surface area contributed by atoms with Gasteiger partial charge in [0, 0.05) is 52.4 Å². The van der Waals surface area contributed by atoms with Gasteiger partial charge in [0.2, 0.25) is 5.91 Å². The minimum atomic E-state index is -0.135. The summed E-state index contributed by atoms with van der Waals surface area (Å²) in [5.74, 6) is 0.510. The Labute approximate surface area is 167 Å². The molecule has 7 heteroatoms. The first-order valence-electron chi connectivity index (χ1n) is 9.03. The zero-order chi connectivity index (χ0) is 19.7. The fourth-order valence-electron chi connectivity index (χ4n) is 3.54. The van der Waals surface area contributed by atoms with Crippen LogP contribution in [0.15, 0.2) is 47.3 Å². The molecular formula is C21H20ClN3O3. The number of methoxy groups -OCH3 is 1. The Hall–Kier alpha value is -2.83. The van der Waals surface area contributed by atoms with Crippen molar-refractivity contribution in [2.75, 3.05) is 25.5 Å². The zero-order valence-electron chi connectivity index (χ0n) is 15.4. The largest absolute Gasteiger partial charge is 0.497 e. The number of amides is 1. The number of anilines is 1. The van der Waals surface area contributed by atoms with E-state index in [0.717, 1.165) is 11.2 Å². The molecule has 0 spiro atoms. The van der Waals surface area contributed by atoms with Crippen LogP contribution in [-0.2, 0) is 17.8 Å². The summed E-state index contributed by atoms with van der Waals surface area (Å²) in [5, 5.41) is 4.01. The van der Waals surface area contributed by atoms with Gasteiger partial charge >= 0.3 is 0 Å². The minimum Gasteiger partial charge on any atom is -0.497 e. The molecule has 2 aromatic carbocycles. The second-order valence-corrected chi connectivity index (χ2v) is 7.28. The van der Waals surface area contributed by atoms with Gasteiger partial charge < -0.3 is 15.0 Å². The Balaban J connectivity index is 1.53. The normalized spacial score (nSPS) is 13.9. The molecule has 3 aromatic rings. The maximum atomic E-state index is 13.0. The van der Waals surface area contributed by atoms with Crippen LogP contribution in [0.3, 0.4) is 0 Å². The Morgan fingerprint density at radius 3 is 2.93 bits per heavy atom. The third-order valence-electron chi connectivity index (χ3n) is 4.93. The Morgan fingerprint density at radius 1 is 1.29 bits per heavy atom. The Bertz CT molecular complexity index is 1110. The number of aromatic amines is 1. The first-order valence-corrected chi connectivity index (χ1v) is 9.41. The molecule has 1 aromatic heterocycles. The molecule has 2 heterocycles. The highest BCUT2D eigenvalue weighted by Crippen LogP contribution is 2.22. The lowest BCUT2D eigenvalue weighted by atomic mass is 10.0. The van der Waals surface area contributed by atoms with Gasteiger partial charge in [0.25, 0.3) is 0 Å². The highest BCUT2D eigenvalue weighted by atomic mass is 35.5. The summed E-state index contributed by atoms with van der Waals surface area (Å²) in [5.41, 5.74) is 3.10. The van der Waals surface area contributed by atoms with E-state index in [1.54, 1.807) is 37.4 Å². The number of pyridine rings is 1. The van der Waals surface area contributed by atoms with Crippen molar-refractivity contribution < 1.29 is 9.53 Å². The fraction of sp³-hybridized carbons (Fsp3) is 0.238. The topological polar surface area (TPSA) is 74.4 Å². The average molecular weight is 398 g/mol. The van der Waals surface area contributed by atoms with E-state index in [0.29, 0.717) is 46.9 Å². The molecule has 0 radical (unpaired) electrons. The third kappa shape index (κ3) is 3.74. The van der Waals surface area contributed by atoms with Gasteiger partial charge in [-0.2, -0.15) is 0 Å². The van der Waals surface area contributed by atoms with Gasteiger partial charge in [0.15, 0.2) is 5.43 Å². The van der Waals surface area contributed by atoms with Crippen molar-refractivity contribution in [2.45, 2.75) is 13.0 Å². The highest BCUT2D eigenvalue weighted by Gasteiger charge is 2.22. The molecule has 0 unspecified atom stereocenters. The number of carbonyl (C=O) groups excluding carboxylic acids is 1. The van der Waals surface area contributed by atoms with E-state index < -0.39 is 0 Å². The molecule has 2 N–H and O–H groups in total. The Kier molecular flexibility index (Phi) is 5.07. The van der Waals surface area contributed by atoms with Gasteiger partial charge in [0.05, 0.1) is 13.7 Å². The Morgan fingerprint density at radius 2 is 2.14 bits per heavy atom. The molecule has 0 saturated heterocycles.